The van der Waals surface area contributed by atoms with Crippen molar-refractivity contribution in [3.63, 3.8) is 0 Å². The van der Waals surface area contributed by atoms with E-state index in [0.29, 0.717) is 104 Å². The second-order valence-corrected chi connectivity index (χ2v) is 9.82. The van der Waals surface area contributed by atoms with E-state index in [-0.39, 0.29) is 23.6 Å². The average Bonchev–Trinajstić information content (AvgIpc) is 2.91. The number of rotatable bonds is 28. The Morgan fingerprint density at radius 1 is 0.513 bits per heavy atom. The van der Waals surface area contributed by atoms with Crippen LogP contribution in [0, 0.1) is 5.41 Å². The highest BCUT2D eigenvalue weighted by Gasteiger charge is 2.32. The molecule has 0 saturated heterocycles. The molecule has 0 aromatic rings. The normalized spacial score (nSPS) is 11.3. The van der Waals surface area contributed by atoms with E-state index >= 15 is 0 Å². The molecule has 0 saturated carbocycles. The monoisotopic (exact) mass is 560 g/mol. The van der Waals surface area contributed by atoms with Gasteiger partial charge in [-0.15, -0.1) is 0 Å². The van der Waals surface area contributed by atoms with Crippen molar-refractivity contribution in [3.05, 3.63) is 0 Å². The standard InChI is InChI=1S/C27H52N4O8/c1-30-25(34)13-5-9-17-38-21-27(19-36-15-7-3-11-23(28)32,20-37-16-8-4-12-24(29)33)22-39-18-10-6-14-26(35)31-2/h3-22H2,1-2H3,(H2,28,32)(H2,29,33)(H,30,34)(H,31,35). The van der Waals surface area contributed by atoms with Crippen LogP contribution in [0.2, 0.25) is 0 Å². The molecule has 0 radical (unpaired) electrons. The number of carbonyl (C=O) groups is 4. The lowest BCUT2D eigenvalue weighted by Crippen LogP contribution is -2.42. The molecule has 0 bridgehead atoms. The summed E-state index contributed by atoms with van der Waals surface area (Å²) in [5.74, 6) is -0.653. The Morgan fingerprint density at radius 3 is 1.05 bits per heavy atom. The first-order valence-electron chi connectivity index (χ1n) is 14.0. The van der Waals surface area contributed by atoms with Crippen molar-refractivity contribution in [1.82, 2.24) is 10.6 Å². The molecule has 12 heteroatoms. The van der Waals surface area contributed by atoms with Crippen LogP contribution in [0.3, 0.4) is 0 Å². The maximum atomic E-state index is 11.4. The Hall–Kier alpha value is -2.28. The summed E-state index contributed by atoms with van der Waals surface area (Å²) in [6.07, 6.45) is 7.19. The molecule has 12 nitrogen and oxygen atoms in total. The molecule has 0 heterocycles. The number of ether oxygens (including phenoxy) is 4. The van der Waals surface area contributed by atoms with Crippen LogP contribution in [0.15, 0.2) is 0 Å². The van der Waals surface area contributed by atoms with E-state index < -0.39 is 5.41 Å². The third kappa shape index (κ3) is 23.3. The molecule has 0 rings (SSSR count). The zero-order chi connectivity index (χ0) is 29.2. The predicted octanol–water partition coefficient (Wildman–Crippen LogP) is 1.18. The van der Waals surface area contributed by atoms with Crippen LogP contribution < -0.4 is 22.1 Å². The molecule has 0 spiro atoms. The fraction of sp³-hybridized carbons (Fsp3) is 0.852. The average molecular weight is 561 g/mol. The van der Waals surface area contributed by atoms with Crippen molar-refractivity contribution < 1.29 is 38.1 Å². The van der Waals surface area contributed by atoms with Crippen molar-refractivity contribution in [2.75, 3.05) is 67.0 Å². The smallest absolute Gasteiger partial charge is 0.219 e. The van der Waals surface area contributed by atoms with E-state index in [1.807, 2.05) is 0 Å². The Bertz CT molecular complexity index is 622. The molecule has 0 aliphatic carbocycles. The largest absolute Gasteiger partial charge is 0.381 e. The SMILES string of the molecule is CNC(=O)CCCCOCC(COCCCCC(N)=O)(COCCCCC(N)=O)COCCCCC(=O)NC. The minimum absolute atomic E-state index is 0.00337. The van der Waals surface area contributed by atoms with Crippen molar-refractivity contribution in [1.29, 1.82) is 0 Å². The number of nitrogens with two attached hydrogens (primary N) is 2. The molecule has 0 atom stereocenters. The van der Waals surface area contributed by atoms with Crippen molar-refractivity contribution in [2.45, 2.75) is 77.0 Å². The molecule has 6 N–H and O–H groups in total. The fourth-order valence-electron chi connectivity index (χ4n) is 3.64. The highest BCUT2D eigenvalue weighted by Crippen LogP contribution is 2.22. The van der Waals surface area contributed by atoms with Gasteiger partial charge in [-0.2, -0.15) is 0 Å². The lowest BCUT2D eigenvalue weighted by atomic mass is 9.92. The number of carbonyl (C=O) groups excluding carboxylic acids is 4. The van der Waals surface area contributed by atoms with Crippen molar-refractivity contribution >= 4 is 23.6 Å². The minimum Gasteiger partial charge on any atom is -0.381 e. The highest BCUT2D eigenvalue weighted by atomic mass is 16.5. The van der Waals surface area contributed by atoms with Crippen LogP contribution in [0.5, 0.6) is 0 Å². The summed E-state index contributed by atoms with van der Waals surface area (Å²) in [4.78, 5) is 44.8. The number of unbranched alkanes of at least 4 members (excludes halogenated alkanes) is 4. The van der Waals surface area contributed by atoms with Gasteiger partial charge in [0, 0.05) is 66.2 Å². The summed E-state index contributed by atoms with van der Waals surface area (Å²) < 4.78 is 24.0. The molecule has 228 valence electrons. The van der Waals surface area contributed by atoms with Gasteiger partial charge in [-0.25, -0.2) is 0 Å². The van der Waals surface area contributed by atoms with Crippen LogP contribution in [0.4, 0.5) is 0 Å². The quantitative estimate of drug-likeness (QED) is 0.103. The summed E-state index contributed by atoms with van der Waals surface area (Å²) in [7, 11) is 3.24. The number of amides is 4. The lowest BCUT2D eigenvalue weighted by Gasteiger charge is -2.33. The molecular formula is C27H52N4O8. The summed E-state index contributed by atoms with van der Waals surface area (Å²) in [6, 6.07) is 0. The van der Waals surface area contributed by atoms with Gasteiger partial charge in [-0.3, -0.25) is 19.2 Å². The van der Waals surface area contributed by atoms with Crippen LogP contribution >= 0.6 is 0 Å². The molecule has 4 amide bonds. The van der Waals surface area contributed by atoms with Gasteiger partial charge in [0.05, 0.1) is 31.8 Å². The molecule has 39 heavy (non-hydrogen) atoms. The van der Waals surface area contributed by atoms with Gasteiger partial charge in [0.15, 0.2) is 0 Å². The Morgan fingerprint density at radius 2 is 0.795 bits per heavy atom. The van der Waals surface area contributed by atoms with Gasteiger partial charge < -0.3 is 41.0 Å². The molecule has 0 aliphatic heterocycles. The zero-order valence-electron chi connectivity index (χ0n) is 24.1. The summed E-state index contributed by atoms with van der Waals surface area (Å²) in [6.45, 7) is 3.26. The number of hydrogen-bond donors (Lipinski definition) is 4. The van der Waals surface area contributed by atoms with E-state index in [1.54, 1.807) is 14.1 Å². The number of nitrogens with one attached hydrogen (secondary N) is 2. The van der Waals surface area contributed by atoms with Crippen molar-refractivity contribution in [3.8, 4) is 0 Å². The van der Waals surface area contributed by atoms with Gasteiger partial charge in [0.1, 0.15) is 0 Å². The predicted molar refractivity (Wildman–Crippen MR) is 148 cm³/mol. The van der Waals surface area contributed by atoms with Gasteiger partial charge in [-0.05, 0) is 51.4 Å². The second kappa shape index (κ2) is 24.7. The Kier molecular flexibility index (Phi) is 23.3. The first-order valence-corrected chi connectivity index (χ1v) is 14.0. The molecule has 0 fully saturated rings. The summed E-state index contributed by atoms with van der Waals surface area (Å²) in [5, 5.41) is 5.22. The van der Waals surface area contributed by atoms with E-state index in [9.17, 15) is 19.2 Å². The maximum Gasteiger partial charge on any atom is 0.219 e. The Balaban J connectivity index is 4.98. The van der Waals surface area contributed by atoms with Crippen LogP contribution in [-0.4, -0.2) is 90.6 Å². The van der Waals surface area contributed by atoms with E-state index in [0.717, 1.165) is 25.7 Å². The first-order chi connectivity index (χ1) is 18.7. The number of hydrogen-bond acceptors (Lipinski definition) is 8. The first kappa shape index (κ1) is 36.7. The van der Waals surface area contributed by atoms with Gasteiger partial charge in [0.2, 0.25) is 23.6 Å². The zero-order valence-corrected chi connectivity index (χ0v) is 24.1. The number of primary amides is 2. The van der Waals surface area contributed by atoms with E-state index in [1.165, 1.54) is 0 Å². The summed E-state index contributed by atoms with van der Waals surface area (Å²) >= 11 is 0. The molecule has 0 aromatic carbocycles. The van der Waals surface area contributed by atoms with E-state index in [4.69, 9.17) is 30.4 Å². The fourth-order valence-corrected chi connectivity index (χ4v) is 3.64. The van der Waals surface area contributed by atoms with Crippen LogP contribution in [0.1, 0.15) is 77.0 Å². The summed E-state index contributed by atoms with van der Waals surface area (Å²) in [5.41, 5.74) is 9.85. The molecule has 0 aromatic heterocycles. The molecular weight excluding hydrogens is 508 g/mol. The topological polar surface area (TPSA) is 181 Å². The molecule has 0 unspecified atom stereocenters. The van der Waals surface area contributed by atoms with E-state index in [2.05, 4.69) is 10.6 Å². The Labute approximate surface area is 233 Å². The van der Waals surface area contributed by atoms with Crippen LogP contribution in [-0.2, 0) is 38.1 Å². The second-order valence-electron chi connectivity index (χ2n) is 9.82. The maximum absolute atomic E-state index is 11.4. The van der Waals surface area contributed by atoms with Gasteiger partial charge in [-0.1, -0.05) is 0 Å². The minimum atomic E-state index is -0.574. The van der Waals surface area contributed by atoms with Gasteiger partial charge in [0.25, 0.3) is 0 Å². The van der Waals surface area contributed by atoms with Gasteiger partial charge >= 0.3 is 0 Å². The third-order valence-electron chi connectivity index (χ3n) is 6.00. The van der Waals surface area contributed by atoms with Crippen LogP contribution in [0.25, 0.3) is 0 Å². The third-order valence-corrected chi connectivity index (χ3v) is 6.00. The van der Waals surface area contributed by atoms with Crippen molar-refractivity contribution in [2.24, 2.45) is 16.9 Å². The highest BCUT2D eigenvalue weighted by molar-refractivity contribution is 5.75. The molecule has 0 aliphatic rings. The lowest BCUT2D eigenvalue weighted by molar-refractivity contribution is -0.121.